The van der Waals surface area contributed by atoms with E-state index < -0.39 is 4.92 Å². The first kappa shape index (κ1) is 14.9. The number of nitrogens with two attached hydrogens (primary N) is 1. The molecular weight excluding hydrogens is 250 g/mol. The van der Waals surface area contributed by atoms with Crippen LogP contribution in [-0.4, -0.2) is 30.5 Å². The lowest BCUT2D eigenvalue weighted by Crippen LogP contribution is -2.29. The number of ether oxygens (including phenoxy) is 1. The van der Waals surface area contributed by atoms with Crippen molar-refractivity contribution in [3.8, 4) is 5.75 Å². The first-order valence-electron chi connectivity index (χ1n) is 5.97. The predicted molar refractivity (Wildman–Crippen MR) is 69.9 cm³/mol. The molecule has 1 rings (SSSR count). The molecule has 0 saturated carbocycles. The number of hydrogen-bond acceptors (Lipinski definition) is 5. The van der Waals surface area contributed by atoms with Gasteiger partial charge in [0.15, 0.2) is 6.61 Å². The topological polar surface area (TPSA) is 107 Å². The molecule has 0 aromatic heterocycles. The van der Waals surface area contributed by atoms with Crippen LogP contribution in [0.5, 0.6) is 5.75 Å². The van der Waals surface area contributed by atoms with E-state index in [-0.39, 0.29) is 18.2 Å². The van der Waals surface area contributed by atoms with Crippen LogP contribution in [0.15, 0.2) is 24.3 Å². The van der Waals surface area contributed by atoms with Crippen LogP contribution in [0.3, 0.4) is 0 Å². The number of carbonyl (C=O) groups is 1. The Labute approximate surface area is 110 Å². The zero-order chi connectivity index (χ0) is 14.1. The molecule has 19 heavy (non-hydrogen) atoms. The molecule has 0 unspecified atom stereocenters. The fourth-order valence-electron chi connectivity index (χ4n) is 1.36. The third kappa shape index (κ3) is 5.82. The molecule has 104 valence electrons. The standard InChI is InChI=1S/C12H17N3O4/c13-7-1-2-8-14-12(16)9-19-11-5-3-10(4-6-11)15(17)18/h3-6H,1-2,7-9,13H2,(H,14,16). The maximum atomic E-state index is 11.4. The Hall–Kier alpha value is -2.15. The van der Waals surface area contributed by atoms with Gasteiger partial charge in [-0.15, -0.1) is 0 Å². The van der Waals surface area contributed by atoms with Gasteiger partial charge in [0.2, 0.25) is 0 Å². The van der Waals surface area contributed by atoms with Gasteiger partial charge in [0.05, 0.1) is 4.92 Å². The van der Waals surface area contributed by atoms with Crippen LogP contribution in [0.1, 0.15) is 12.8 Å². The summed E-state index contributed by atoms with van der Waals surface area (Å²) in [5, 5.41) is 13.1. The summed E-state index contributed by atoms with van der Waals surface area (Å²) in [6.07, 6.45) is 1.70. The van der Waals surface area contributed by atoms with Crippen molar-refractivity contribution in [1.82, 2.24) is 5.32 Å². The average molecular weight is 267 g/mol. The summed E-state index contributed by atoms with van der Waals surface area (Å²) in [5.41, 5.74) is 5.31. The Kier molecular flexibility index (Phi) is 6.31. The largest absolute Gasteiger partial charge is 0.484 e. The van der Waals surface area contributed by atoms with Crippen LogP contribution in [0, 0.1) is 10.1 Å². The molecule has 3 N–H and O–H groups in total. The minimum atomic E-state index is -0.492. The van der Waals surface area contributed by atoms with E-state index in [0.717, 1.165) is 12.8 Å². The molecule has 0 aliphatic carbocycles. The molecule has 1 aromatic rings. The smallest absolute Gasteiger partial charge is 0.269 e. The first-order valence-corrected chi connectivity index (χ1v) is 5.97. The Morgan fingerprint density at radius 1 is 1.32 bits per heavy atom. The number of hydrogen-bond donors (Lipinski definition) is 2. The van der Waals surface area contributed by atoms with E-state index in [1.54, 1.807) is 0 Å². The van der Waals surface area contributed by atoms with E-state index in [0.29, 0.717) is 18.8 Å². The highest BCUT2D eigenvalue weighted by molar-refractivity contribution is 5.77. The molecule has 0 saturated heterocycles. The molecule has 0 atom stereocenters. The van der Waals surface area contributed by atoms with Crippen molar-refractivity contribution < 1.29 is 14.5 Å². The van der Waals surface area contributed by atoms with E-state index in [9.17, 15) is 14.9 Å². The van der Waals surface area contributed by atoms with E-state index in [1.807, 2.05) is 0 Å². The highest BCUT2D eigenvalue weighted by atomic mass is 16.6. The number of nitrogens with one attached hydrogen (secondary N) is 1. The Balaban J connectivity index is 2.28. The van der Waals surface area contributed by atoms with Crippen molar-refractivity contribution in [2.75, 3.05) is 19.7 Å². The van der Waals surface area contributed by atoms with Crippen LogP contribution >= 0.6 is 0 Å². The number of unbranched alkanes of at least 4 members (excludes halogenated alkanes) is 1. The van der Waals surface area contributed by atoms with E-state index in [2.05, 4.69) is 5.32 Å². The van der Waals surface area contributed by atoms with Crippen molar-refractivity contribution >= 4 is 11.6 Å². The molecular formula is C12H17N3O4. The fraction of sp³-hybridized carbons (Fsp3) is 0.417. The van der Waals surface area contributed by atoms with Crippen molar-refractivity contribution in [2.24, 2.45) is 5.73 Å². The lowest BCUT2D eigenvalue weighted by molar-refractivity contribution is -0.384. The van der Waals surface area contributed by atoms with E-state index in [4.69, 9.17) is 10.5 Å². The van der Waals surface area contributed by atoms with Crippen LogP contribution in [0.25, 0.3) is 0 Å². The average Bonchev–Trinajstić information content (AvgIpc) is 2.42. The number of carbonyl (C=O) groups excluding carboxylic acids is 1. The van der Waals surface area contributed by atoms with Gasteiger partial charge in [0.1, 0.15) is 5.75 Å². The highest BCUT2D eigenvalue weighted by Gasteiger charge is 2.06. The summed E-state index contributed by atoms with van der Waals surface area (Å²) in [4.78, 5) is 21.3. The van der Waals surface area contributed by atoms with Gasteiger partial charge in [0, 0.05) is 18.7 Å². The lowest BCUT2D eigenvalue weighted by Gasteiger charge is -2.07. The number of benzene rings is 1. The van der Waals surface area contributed by atoms with Gasteiger partial charge >= 0.3 is 0 Å². The quantitative estimate of drug-likeness (QED) is 0.412. The van der Waals surface area contributed by atoms with Gasteiger partial charge in [-0.3, -0.25) is 14.9 Å². The predicted octanol–water partition coefficient (Wildman–Crippen LogP) is 0.829. The molecule has 1 aromatic carbocycles. The fourth-order valence-corrected chi connectivity index (χ4v) is 1.36. The number of nitro benzene ring substituents is 1. The molecule has 1 amide bonds. The second kappa shape index (κ2) is 8.04. The molecule has 0 aliphatic rings. The number of nitrogens with zero attached hydrogens (tertiary/aromatic N) is 1. The molecule has 7 heteroatoms. The minimum absolute atomic E-state index is 0.0152. The Morgan fingerprint density at radius 2 is 2.00 bits per heavy atom. The van der Waals surface area contributed by atoms with E-state index in [1.165, 1.54) is 24.3 Å². The zero-order valence-corrected chi connectivity index (χ0v) is 10.5. The van der Waals surface area contributed by atoms with Gasteiger partial charge < -0.3 is 15.8 Å². The Bertz CT molecular complexity index is 419. The van der Waals surface area contributed by atoms with Crippen molar-refractivity contribution in [1.29, 1.82) is 0 Å². The second-order valence-corrected chi connectivity index (χ2v) is 3.89. The first-order chi connectivity index (χ1) is 9.13. The van der Waals surface area contributed by atoms with Crippen LogP contribution in [-0.2, 0) is 4.79 Å². The van der Waals surface area contributed by atoms with Gasteiger partial charge in [-0.1, -0.05) is 0 Å². The molecule has 0 fully saturated rings. The number of non-ortho nitro benzene ring substituents is 1. The third-order valence-corrected chi connectivity index (χ3v) is 2.37. The molecule has 0 bridgehead atoms. The maximum absolute atomic E-state index is 11.4. The monoisotopic (exact) mass is 267 g/mol. The summed E-state index contributed by atoms with van der Waals surface area (Å²) in [7, 11) is 0. The van der Waals surface area contributed by atoms with Gasteiger partial charge in [-0.2, -0.15) is 0 Å². The van der Waals surface area contributed by atoms with Crippen molar-refractivity contribution in [3.63, 3.8) is 0 Å². The molecule has 0 heterocycles. The molecule has 0 aliphatic heterocycles. The van der Waals surface area contributed by atoms with Crippen molar-refractivity contribution in [3.05, 3.63) is 34.4 Å². The van der Waals surface area contributed by atoms with Gasteiger partial charge in [0.25, 0.3) is 11.6 Å². The van der Waals surface area contributed by atoms with Gasteiger partial charge in [-0.05, 0) is 31.5 Å². The summed E-state index contributed by atoms with van der Waals surface area (Å²) in [6, 6.07) is 5.57. The Morgan fingerprint density at radius 3 is 2.58 bits per heavy atom. The molecule has 0 radical (unpaired) electrons. The third-order valence-electron chi connectivity index (χ3n) is 2.37. The highest BCUT2D eigenvalue weighted by Crippen LogP contribution is 2.16. The van der Waals surface area contributed by atoms with Crippen LogP contribution in [0.2, 0.25) is 0 Å². The van der Waals surface area contributed by atoms with E-state index >= 15 is 0 Å². The summed E-state index contributed by atoms with van der Waals surface area (Å²) < 4.78 is 5.20. The van der Waals surface area contributed by atoms with Gasteiger partial charge in [-0.25, -0.2) is 0 Å². The summed E-state index contributed by atoms with van der Waals surface area (Å²) in [6.45, 7) is 1.06. The SMILES string of the molecule is NCCCCNC(=O)COc1ccc([N+](=O)[O-])cc1. The summed E-state index contributed by atoms with van der Waals surface area (Å²) >= 11 is 0. The number of amides is 1. The van der Waals surface area contributed by atoms with Crippen LogP contribution in [0.4, 0.5) is 5.69 Å². The number of rotatable bonds is 8. The number of nitro groups is 1. The van der Waals surface area contributed by atoms with Crippen LogP contribution < -0.4 is 15.8 Å². The lowest BCUT2D eigenvalue weighted by atomic mass is 10.3. The van der Waals surface area contributed by atoms with Crippen molar-refractivity contribution in [2.45, 2.75) is 12.8 Å². The second-order valence-electron chi connectivity index (χ2n) is 3.89. The maximum Gasteiger partial charge on any atom is 0.269 e. The molecule has 0 spiro atoms. The minimum Gasteiger partial charge on any atom is -0.484 e. The summed E-state index contributed by atoms with van der Waals surface area (Å²) in [5.74, 6) is 0.193. The molecule has 7 nitrogen and oxygen atoms in total. The normalized spacial score (nSPS) is 9.95. The zero-order valence-electron chi connectivity index (χ0n) is 10.5.